The van der Waals surface area contributed by atoms with Crippen molar-refractivity contribution in [2.45, 2.75) is 32.5 Å². The molecule has 0 aliphatic carbocycles. The highest BCUT2D eigenvalue weighted by Crippen LogP contribution is 2.28. The lowest BCUT2D eigenvalue weighted by atomic mass is 9.98. The Balaban J connectivity index is 1.76. The van der Waals surface area contributed by atoms with Crippen LogP contribution in [0.25, 0.3) is 0 Å². The van der Waals surface area contributed by atoms with Crippen molar-refractivity contribution < 1.29 is 9.47 Å². The predicted octanol–water partition coefficient (Wildman–Crippen LogP) is 2.05. The van der Waals surface area contributed by atoms with Gasteiger partial charge in [0.15, 0.2) is 0 Å². The van der Waals surface area contributed by atoms with Crippen molar-refractivity contribution in [2.75, 3.05) is 27.4 Å². The van der Waals surface area contributed by atoms with E-state index in [9.17, 15) is 0 Å². The Morgan fingerprint density at radius 1 is 1.22 bits per heavy atom. The van der Waals surface area contributed by atoms with Gasteiger partial charge < -0.3 is 9.47 Å². The van der Waals surface area contributed by atoms with Crippen LogP contribution < -0.4 is 4.74 Å². The second kappa shape index (κ2) is 7.10. The van der Waals surface area contributed by atoms with Gasteiger partial charge in [-0.1, -0.05) is 17.3 Å². The molecule has 1 aromatic heterocycles. The molecule has 1 aromatic carbocycles. The van der Waals surface area contributed by atoms with Gasteiger partial charge >= 0.3 is 0 Å². The summed E-state index contributed by atoms with van der Waals surface area (Å²) in [6.45, 7) is 6.33. The fraction of sp³-hybridized carbons (Fsp3) is 0.529. The first-order valence-electron chi connectivity index (χ1n) is 8.01. The SMILES string of the molecule is CCn1nnc2c1C(COC)CN(Cc1ccc(OC)cc1)C2. The highest BCUT2D eigenvalue weighted by molar-refractivity contribution is 5.27. The Hall–Kier alpha value is -1.92. The monoisotopic (exact) mass is 316 g/mol. The van der Waals surface area contributed by atoms with Gasteiger partial charge in [0.25, 0.3) is 0 Å². The molecule has 1 atom stereocenters. The van der Waals surface area contributed by atoms with Crippen LogP contribution in [-0.4, -0.2) is 47.3 Å². The van der Waals surface area contributed by atoms with Crippen LogP contribution in [0.15, 0.2) is 24.3 Å². The molecule has 0 saturated heterocycles. The number of nitrogens with zero attached hydrogens (tertiary/aromatic N) is 4. The van der Waals surface area contributed by atoms with Crippen LogP contribution in [0.5, 0.6) is 5.75 Å². The number of ether oxygens (including phenoxy) is 2. The number of aromatic nitrogens is 3. The fourth-order valence-corrected chi connectivity index (χ4v) is 3.27. The largest absolute Gasteiger partial charge is 0.497 e. The van der Waals surface area contributed by atoms with E-state index in [0.29, 0.717) is 12.5 Å². The summed E-state index contributed by atoms with van der Waals surface area (Å²) in [6.07, 6.45) is 0. The maximum absolute atomic E-state index is 5.42. The van der Waals surface area contributed by atoms with Crippen molar-refractivity contribution in [1.82, 2.24) is 19.9 Å². The van der Waals surface area contributed by atoms with Crippen molar-refractivity contribution in [2.24, 2.45) is 0 Å². The van der Waals surface area contributed by atoms with Crippen molar-refractivity contribution in [3.63, 3.8) is 0 Å². The minimum absolute atomic E-state index is 0.317. The minimum Gasteiger partial charge on any atom is -0.497 e. The van der Waals surface area contributed by atoms with E-state index in [2.05, 4.69) is 34.3 Å². The second-order valence-corrected chi connectivity index (χ2v) is 5.91. The summed E-state index contributed by atoms with van der Waals surface area (Å²) in [5.74, 6) is 1.20. The second-order valence-electron chi connectivity index (χ2n) is 5.91. The fourth-order valence-electron chi connectivity index (χ4n) is 3.27. The van der Waals surface area contributed by atoms with E-state index in [-0.39, 0.29) is 0 Å². The highest BCUT2D eigenvalue weighted by Gasteiger charge is 2.30. The average molecular weight is 316 g/mol. The molecule has 0 radical (unpaired) electrons. The van der Waals surface area contributed by atoms with Gasteiger partial charge in [-0.3, -0.25) is 4.90 Å². The van der Waals surface area contributed by atoms with E-state index < -0.39 is 0 Å². The van der Waals surface area contributed by atoms with E-state index in [1.807, 2.05) is 16.8 Å². The smallest absolute Gasteiger partial charge is 0.118 e. The number of benzene rings is 1. The first-order chi connectivity index (χ1) is 11.2. The predicted molar refractivity (Wildman–Crippen MR) is 87.4 cm³/mol. The Labute approximate surface area is 137 Å². The molecular formula is C17H24N4O2. The maximum Gasteiger partial charge on any atom is 0.118 e. The lowest BCUT2D eigenvalue weighted by Gasteiger charge is -2.32. The molecule has 6 nitrogen and oxygen atoms in total. The molecule has 1 aliphatic rings. The average Bonchev–Trinajstić information content (AvgIpc) is 2.99. The molecule has 23 heavy (non-hydrogen) atoms. The molecule has 1 aliphatic heterocycles. The lowest BCUT2D eigenvalue weighted by Crippen LogP contribution is -2.36. The molecule has 0 amide bonds. The zero-order valence-electron chi connectivity index (χ0n) is 14.0. The molecule has 2 aromatic rings. The molecule has 0 N–H and O–H groups in total. The number of fused-ring (bicyclic) bond motifs is 1. The molecule has 0 spiro atoms. The van der Waals surface area contributed by atoms with E-state index in [1.165, 1.54) is 11.3 Å². The molecular weight excluding hydrogens is 292 g/mol. The summed E-state index contributed by atoms with van der Waals surface area (Å²) in [5, 5.41) is 8.66. The number of aryl methyl sites for hydroxylation is 1. The van der Waals surface area contributed by atoms with Crippen LogP contribution in [0.2, 0.25) is 0 Å². The van der Waals surface area contributed by atoms with Gasteiger partial charge in [0, 0.05) is 39.2 Å². The van der Waals surface area contributed by atoms with Gasteiger partial charge in [0.05, 0.1) is 19.4 Å². The molecule has 124 valence electrons. The van der Waals surface area contributed by atoms with Crippen LogP contribution in [0.4, 0.5) is 0 Å². The van der Waals surface area contributed by atoms with Crippen LogP contribution in [-0.2, 0) is 24.4 Å². The maximum atomic E-state index is 5.42. The molecule has 0 bridgehead atoms. The van der Waals surface area contributed by atoms with Gasteiger partial charge in [-0.25, -0.2) is 4.68 Å². The molecule has 6 heteroatoms. The van der Waals surface area contributed by atoms with Crippen molar-refractivity contribution in [3.05, 3.63) is 41.2 Å². The minimum atomic E-state index is 0.317. The highest BCUT2D eigenvalue weighted by atomic mass is 16.5. The number of methoxy groups -OCH3 is 2. The zero-order valence-corrected chi connectivity index (χ0v) is 14.0. The molecule has 2 heterocycles. The third kappa shape index (κ3) is 3.38. The topological polar surface area (TPSA) is 52.4 Å². The van der Waals surface area contributed by atoms with Crippen LogP contribution in [0, 0.1) is 0 Å². The van der Waals surface area contributed by atoms with Gasteiger partial charge in [-0.2, -0.15) is 0 Å². The number of hydrogen-bond donors (Lipinski definition) is 0. The quantitative estimate of drug-likeness (QED) is 0.816. The zero-order chi connectivity index (χ0) is 16.2. The Kier molecular flexibility index (Phi) is 4.93. The third-order valence-electron chi connectivity index (χ3n) is 4.32. The van der Waals surface area contributed by atoms with Crippen LogP contribution in [0.3, 0.4) is 0 Å². The number of rotatable bonds is 6. The van der Waals surface area contributed by atoms with Crippen molar-refractivity contribution in [1.29, 1.82) is 0 Å². The van der Waals surface area contributed by atoms with Gasteiger partial charge in [-0.15, -0.1) is 5.10 Å². The first kappa shape index (κ1) is 16.0. The normalized spacial score (nSPS) is 18.0. The summed E-state index contributed by atoms with van der Waals surface area (Å²) < 4.78 is 12.6. The van der Waals surface area contributed by atoms with E-state index in [0.717, 1.165) is 37.6 Å². The lowest BCUT2D eigenvalue weighted by molar-refractivity contribution is 0.131. The Morgan fingerprint density at radius 3 is 2.65 bits per heavy atom. The molecule has 3 rings (SSSR count). The van der Waals surface area contributed by atoms with Gasteiger partial charge in [0.1, 0.15) is 11.4 Å². The van der Waals surface area contributed by atoms with Crippen molar-refractivity contribution >= 4 is 0 Å². The summed E-state index contributed by atoms with van der Waals surface area (Å²) >= 11 is 0. The summed E-state index contributed by atoms with van der Waals surface area (Å²) in [6, 6.07) is 8.24. The third-order valence-corrected chi connectivity index (χ3v) is 4.32. The Morgan fingerprint density at radius 2 is 2.00 bits per heavy atom. The van der Waals surface area contributed by atoms with Crippen LogP contribution >= 0.6 is 0 Å². The molecule has 0 saturated carbocycles. The summed E-state index contributed by atoms with van der Waals surface area (Å²) in [4.78, 5) is 2.41. The van der Waals surface area contributed by atoms with E-state index in [1.54, 1.807) is 14.2 Å². The summed E-state index contributed by atoms with van der Waals surface area (Å²) in [7, 11) is 3.44. The first-order valence-corrected chi connectivity index (χ1v) is 8.01. The standard InChI is InChI=1S/C17H24N4O2/c1-4-21-17-14(12-22-2)10-20(11-16(17)18-19-21)9-13-5-7-15(23-3)8-6-13/h5-8,14H,4,9-12H2,1-3H3. The van der Waals surface area contributed by atoms with Crippen molar-refractivity contribution in [3.8, 4) is 5.75 Å². The van der Waals surface area contributed by atoms with Gasteiger partial charge in [-0.05, 0) is 24.6 Å². The van der Waals surface area contributed by atoms with Gasteiger partial charge in [0.2, 0.25) is 0 Å². The number of hydrogen-bond acceptors (Lipinski definition) is 5. The van der Waals surface area contributed by atoms with E-state index in [4.69, 9.17) is 9.47 Å². The summed E-state index contributed by atoms with van der Waals surface area (Å²) in [5.41, 5.74) is 3.59. The molecule has 0 fully saturated rings. The van der Waals surface area contributed by atoms with Crippen LogP contribution in [0.1, 0.15) is 29.8 Å². The Bertz CT molecular complexity index is 639. The molecule has 1 unspecified atom stereocenters. The van der Waals surface area contributed by atoms with E-state index >= 15 is 0 Å².